The monoisotopic (exact) mass is 280 g/mol. The van der Waals surface area contributed by atoms with E-state index in [1.807, 2.05) is 0 Å². The van der Waals surface area contributed by atoms with Gasteiger partial charge in [-0.05, 0) is 50.1 Å². The van der Waals surface area contributed by atoms with Crippen molar-refractivity contribution >= 4 is 9.84 Å². The van der Waals surface area contributed by atoms with Gasteiger partial charge in [0.2, 0.25) is 9.84 Å². The quantitative estimate of drug-likeness (QED) is 0.870. The van der Waals surface area contributed by atoms with Gasteiger partial charge < -0.3 is 10.2 Å². The Morgan fingerprint density at radius 2 is 1.79 bits per heavy atom. The van der Waals surface area contributed by atoms with Crippen LogP contribution in [0, 0.1) is 0 Å². The second-order valence-corrected chi connectivity index (χ2v) is 6.86. The number of phenols is 1. The Hall–Kier alpha value is -1.59. The lowest BCUT2D eigenvalue weighted by molar-refractivity contribution is 0.0670. The van der Waals surface area contributed by atoms with Crippen LogP contribution in [0.2, 0.25) is 0 Å². The molecule has 1 aliphatic rings. The van der Waals surface area contributed by atoms with E-state index >= 15 is 0 Å². The molecule has 1 aliphatic carbocycles. The van der Waals surface area contributed by atoms with Gasteiger partial charge in [0.1, 0.15) is 5.75 Å². The maximum atomic E-state index is 12.4. The predicted molar refractivity (Wildman–Crippen MR) is 72.4 cm³/mol. The fourth-order valence-electron chi connectivity index (χ4n) is 1.86. The number of phenolic OH excluding ortho intramolecular Hbond substituents is 1. The van der Waals surface area contributed by atoms with Crippen molar-refractivity contribution in [1.29, 1.82) is 0 Å². The lowest BCUT2D eigenvalue weighted by atomic mass is 10.00. The highest BCUT2D eigenvalue weighted by Crippen LogP contribution is 2.27. The summed E-state index contributed by atoms with van der Waals surface area (Å²) in [6.45, 7) is 1.67. The van der Waals surface area contributed by atoms with Crippen LogP contribution in [0.3, 0.4) is 0 Å². The van der Waals surface area contributed by atoms with Crippen molar-refractivity contribution in [3.05, 3.63) is 47.4 Å². The first-order valence-corrected chi connectivity index (χ1v) is 7.43. The van der Waals surface area contributed by atoms with Crippen LogP contribution in [0.5, 0.6) is 5.75 Å². The lowest BCUT2D eigenvalue weighted by Crippen LogP contribution is -2.21. The maximum absolute atomic E-state index is 12.4. The molecule has 0 aliphatic heterocycles. The standard InChI is InChI=1S/C14H16O4S/c1-14(16)9-2-3-12(8-10-14)19(17,18)13-6-4-11(15)5-7-13/h2-8,15-16H,9-10H2,1H3. The lowest BCUT2D eigenvalue weighted by Gasteiger charge is -2.17. The van der Waals surface area contributed by atoms with E-state index in [1.54, 1.807) is 13.0 Å². The number of hydrogen-bond donors (Lipinski definition) is 2. The summed E-state index contributed by atoms with van der Waals surface area (Å²) in [5, 5.41) is 19.1. The van der Waals surface area contributed by atoms with E-state index in [4.69, 9.17) is 0 Å². The molecular weight excluding hydrogens is 264 g/mol. The Kier molecular flexibility index (Phi) is 3.52. The second kappa shape index (κ2) is 4.83. The third-order valence-corrected chi connectivity index (χ3v) is 4.86. The van der Waals surface area contributed by atoms with Gasteiger partial charge in [0.05, 0.1) is 15.4 Å². The summed E-state index contributed by atoms with van der Waals surface area (Å²) in [7, 11) is -3.60. The molecule has 0 bridgehead atoms. The van der Waals surface area contributed by atoms with Crippen LogP contribution < -0.4 is 0 Å². The molecule has 0 saturated carbocycles. The van der Waals surface area contributed by atoms with Crippen LogP contribution in [0.15, 0.2) is 52.3 Å². The van der Waals surface area contributed by atoms with Crippen LogP contribution in [0.25, 0.3) is 0 Å². The van der Waals surface area contributed by atoms with Crippen LogP contribution in [-0.4, -0.2) is 24.2 Å². The van der Waals surface area contributed by atoms with E-state index in [0.29, 0.717) is 6.42 Å². The predicted octanol–water partition coefficient (Wildman–Crippen LogP) is 2.15. The number of rotatable bonds is 2. The molecule has 0 heterocycles. The Labute approximate surface area is 112 Å². The fraction of sp³-hybridized carbons (Fsp3) is 0.286. The Bertz CT molecular complexity index is 622. The topological polar surface area (TPSA) is 74.6 Å². The third kappa shape index (κ3) is 3.05. The van der Waals surface area contributed by atoms with Crippen molar-refractivity contribution in [2.45, 2.75) is 30.3 Å². The van der Waals surface area contributed by atoms with E-state index in [9.17, 15) is 18.6 Å². The van der Waals surface area contributed by atoms with Crippen LogP contribution in [0.1, 0.15) is 19.8 Å². The highest BCUT2D eigenvalue weighted by Gasteiger charge is 2.24. The maximum Gasteiger partial charge on any atom is 0.206 e. The van der Waals surface area contributed by atoms with Crippen molar-refractivity contribution in [2.75, 3.05) is 0 Å². The first kappa shape index (κ1) is 13.8. The van der Waals surface area contributed by atoms with Crippen molar-refractivity contribution in [3.8, 4) is 5.75 Å². The van der Waals surface area contributed by atoms with Gasteiger partial charge in [-0.15, -0.1) is 0 Å². The Balaban J connectivity index is 2.40. The molecule has 1 aromatic carbocycles. The average Bonchev–Trinajstić information content (AvgIpc) is 2.51. The molecule has 0 amide bonds. The number of sulfone groups is 1. The summed E-state index contributed by atoms with van der Waals surface area (Å²) in [5.74, 6) is 0.0206. The van der Waals surface area contributed by atoms with Crippen LogP contribution in [0.4, 0.5) is 0 Å². The van der Waals surface area contributed by atoms with E-state index < -0.39 is 15.4 Å². The third-order valence-electron chi connectivity index (χ3n) is 3.04. The molecule has 0 spiro atoms. The van der Waals surface area contributed by atoms with Crippen molar-refractivity contribution in [3.63, 3.8) is 0 Å². The van der Waals surface area contributed by atoms with Crippen molar-refractivity contribution in [2.24, 2.45) is 0 Å². The molecule has 2 N–H and O–H groups in total. The Morgan fingerprint density at radius 3 is 2.42 bits per heavy atom. The molecule has 2 rings (SSSR count). The number of aromatic hydroxyl groups is 1. The number of aliphatic hydroxyl groups is 1. The van der Waals surface area contributed by atoms with Gasteiger partial charge >= 0.3 is 0 Å². The van der Waals surface area contributed by atoms with Gasteiger partial charge in [-0.25, -0.2) is 8.42 Å². The molecule has 0 saturated heterocycles. The minimum absolute atomic E-state index is 0.0206. The summed E-state index contributed by atoms with van der Waals surface area (Å²) < 4.78 is 24.8. The summed E-state index contributed by atoms with van der Waals surface area (Å²) >= 11 is 0. The number of allylic oxidation sites excluding steroid dienone is 1. The number of benzene rings is 1. The minimum atomic E-state index is -3.60. The Morgan fingerprint density at radius 1 is 1.16 bits per heavy atom. The van der Waals surface area contributed by atoms with Crippen LogP contribution >= 0.6 is 0 Å². The minimum Gasteiger partial charge on any atom is -0.508 e. The average molecular weight is 280 g/mol. The van der Waals surface area contributed by atoms with Gasteiger partial charge in [0, 0.05) is 0 Å². The van der Waals surface area contributed by atoms with E-state index in [1.165, 1.54) is 36.4 Å². The largest absolute Gasteiger partial charge is 0.508 e. The highest BCUT2D eigenvalue weighted by atomic mass is 32.2. The normalized spacial score (nSPS) is 23.8. The van der Waals surface area contributed by atoms with Gasteiger partial charge in [0.25, 0.3) is 0 Å². The first-order valence-electron chi connectivity index (χ1n) is 5.94. The summed E-state index contributed by atoms with van der Waals surface area (Å²) in [5.41, 5.74) is -0.914. The summed E-state index contributed by atoms with van der Waals surface area (Å²) in [4.78, 5) is 0.304. The molecule has 1 unspecified atom stereocenters. The van der Waals surface area contributed by atoms with Gasteiger partial charge in [-0.1, -0.05) is 12.2 Å². The second-order valence-electron chi connectivity index (χ2n) is 4.91. The van der Waals surface area contributed by atoms with Gasteiger partial charge in [0.15, 0.2) is 0 Å². The fourth-order valence-corrected chi connectivity index (χ4v) is 3.21. The molecular formula is C14H16O4S. The molecule has 0 aromatic heterocycles. The zero-order valence-electron chi connectivity index (χ0n) is 10.6. The SMILES string of the molecule is CC1(O)CC=CC(S(=O)(=O)c2ccc(O)cc2)=CC1. The smallest absolute Gasteiger partial charge is 0.206 e. The zero-order chi connectivity index (χ0) is 14.1. The van der Waals surface area contributed by atoms with E-state index in [2.05, 4.69) is 0 Å². The molecule has 4 nitrogen and oxygen atoms in total. The molecule has 19 heavy (non-hydrogen) atoms. The molecule has 102 valence electrons. The van der Waals surface area contributed by atoms with Crippen molar-refractivity contribution in [1.82, 2.24) is 0 Å². The van der Waals surface area contributed by atoms with E-state index in [-0.39, 0.29) is 22.0 Å². The molecule has 1 atom stereocenters. The van der Waals surface area contributed by atoms with Crippen molar-refractivity contribution < 1.29 is 18.6 Å². The van der Waals surface area contributed by atoms with Gasteiger partial charge in [-0.2, -0.15) is 0 Å². The first-order chi connectivity index (χ1) is 8.81. The van der Waals surface area contributed by atoms with E-state index in [0.717, 1.165) is 0 Å². The van der Waals surface area contributed by atoms with Crippen LogP contribution in [-0.2, 0) is 9.84 Å². The summed E-state index contributed by atoms with van der Waals surface area (Å²) in [6, 6.07) is 5.40. The molecule has 0 fully saturated rings. The van der Waals surface area contributed by atoms with Gasteiger partial charge in [-0.3, -0.25) is 0 Å². The number of hydrogen-bond acceptors (Lipinski definition) is 4. The molecule has 5 heteroatoms. The molecule has 0 radical (unpaired) electrons. The molecule has 1 aromatic rings. The zero-order valence-corrected chi connectivity index (χ0v) is 11.4. The summed E-state index contributed by atoms with van der Waals surface area (Å²) in [6.07, 6.45) is 5.41. The highest BCUT2D eigenvalue weighted by molar-refractivity contribution is 7.95.